The maximum absolute atomic E-state index is 10.6. The largest absolute Gasteiger partial charge is 0.481 e. The number of rotatable bonds is 10. The summed E-state index contributed by atoms with van der Waals surface area (Å²) >= 11 is 5.20. The molecule has 3 N–H and O–H groups in total. The van der Waals surface area contributed by atoms with Gasteiger partial charge in [0.15, 0.2) is 0 Å². The third kappa shape index (κ3) is 24.9. The molecule has 11 nitrogen and oxygen atoms in total. The number of carboxylic acids is 3. The molecule has 0 amide bonds. The molecule has 0 aromatic rings. The van der Waals surface area contributed by atoms with Gasteiger partial charge < -0.3 is 20.1 Å². The number of carbonyl (C=O) groups excluding carboxylic acids is 4. The van der Waals surface area contributed by atoms with E-state index in [9.17, 15) is 33.6 Å². The molecule has 12 heteroatoms. The van der Waals surface area contributed by atoms with Crippen LogP contribution in [-0.4, -0.2) is 56.2 Å². The Morgan fingerprint density at radius 3 is 1.62 bits per heavy atom. The summed E-state index contributed by atoms with van der Waals surface area (Å²) in [7, 11) is 0. The molecule has 42 heavy (non-hydrogen) atoms. The molecule has 1 saturated carbocycles. The van der Waals surface area contributed by atoms with Crippen LogP contribution in [0.1, 0.15) is 120 Å². The van der Waals surface area contributed by atoms with Crippen LogP contribution in [0.3, 0.4) is 0 Å². The zero-order chi connectivity index (χ0) is 33.6. The van der Waals surface area contributed by atoms with E-state index in [0.717, 1.165) is 12.3 Å². The van der Waals surface area contributed by atoms with Crippen molar-refractivity contribution in [3.63, 3.8) is 0 Å². The van der Waals surface area contributed by atoms with E-state index in [1.54, 1.807) is 6.92 Å². The Kier molecular flexibility index (Phi) is 24.6. The molecule has 1 aliphatic heterocycles. The molecule has 2 rings (SSSR count). The zero-order valence-corrected chi connectivity index (χ0v) is 27.1. The van der Waals surface area contributed by atoms with E-state index in [4.69, 9.17) is 26.9 Å². The van der Waals surface area contributed by atoms with Crippen molar-refractivity contribution < 1.29 is 53.6 Å². The highest BCUT2D eigenvalue weighted by Gasteiger charge is 2.31. The first-order chi connectivity index (χ1) is 19.3. The van der Waals surface area contributed by atoms with Gasteiger partial charge in [0.1, 0.15) is 5.78 Å². The number of halogens is 1. The first kappa shape index (κ1) is 43.6. The fourth-order valence-electron chi connectivity index (χ4n) is 2.98. The van der Waals surface area contributed by atoms with Crippen molar-refractivity contribution in [2.45, 2.75) is 120 Å². The van der Waals surface area contributed by atoms with Crippen LogP contribution in [0, 0.1) is 29.1 Å². The van der Waals surface area contributed by atoms with Gasteiger partial charge in [0.25, 0.3) is 0 Å². The highest BCUT2D eigenvalue weighted by atomic mass is 35.5. The number of hydrogen-bond donors (Lipinski definition) is 3. The number of hydrogen-bond acceptors (Lipinski definition) is 8. The van der Waals surface area contributed by atoms with Gasteiger partial charge in [-0.25, -0.2) is 0 Å². The first-order valence-electron chi connectivity index (χ1n) is 14.4. The summed E-state index contributed by atoms with van der Waals surface area (Å²) in [5.74, 6) is -4.00. The number of carboxylic acid groups (broad SMARTS) is 3. The molecule has 0 spiro atoms. The van der Waals surface area contributed by atoms with Crippen LogP contribution < -0.4 is 0 Å². The molecule has 0 aromatic carbocycles. The number of aliphatic carboxylic acids is 3. The predicted molar refractivity (Wildman–Crippen MR) is 158 cm³/mol. The molecule has 1 aliphatic carbocycles. The molecule has 2 aliphatic rings. The minimum Gasteiger partial charge on any atom is -0.481 e. The quantitative estimate of drug-likeness (QED) is 0.144. The number of cyclic esters (lactones) is 2. The van der Waals surface area contributed by atoms with Crippen molar-refractivity contribution in [1.82, 2.24) is 0 Å². The van der Waals surface area contributed by atoms with Crippen LogP contribution in [0.2, 0.25) is 0 Å². The van der Waals surface area contributed by atoms with Crippen LogP contribution in [0.15, 0.2) is 0 Å². The van der Waals surface area contributed by atoms with Crippen LogP contribution in [0.4, 0.5) is 0 Å². The first-order valence-corrected chi connectivity index (χ1v) is 14.8. The van der Waals surface area contributed by atoms with Gasteiger partial charge >= 0.3 is 29.8 Å². The van der Waals surface area contributed by atoms with Crippen LogP contribution in [0.25, 0.3) is 0 Å². The number of ketones is 1. The Labute approximate surface area is 254 Å². The van der Waals surface area contributed by atoms with Crippen LogP contribution in [-0.2, 0) is 38.3 Å². The van der Waals surface area contributed by atoms with E-state index in [1.165, 1.54) is 6.42 Å². The van der Waals surface area contributed by atoms with Gasteiger partial charge in [0.05, 0.1) is 30.6 Å². The van der Waals surface area contributed by atoms with Gasteiger partial charge in [-0.2, -0.15) is 0 Å². The number of ether oxygens (including phenoxy) is 1. The van der Waals surface area contributed by atoms with Gasteiger partial charge in [-0.05, 0) is 42.2 Å². The topological polar surface area (TPSA) is 189 Å². The Hall–Kier alpha value is -2.82. The predicted octanol–water partition coefficient (Wildman–Crippen LogP) is 6.13. The summed E-state index contributed by atoms with van der Waals surface area (Å²) in [6, 6.07) is 0. The second kappa shape index (κ2) is 23.7. The van der Waals surface area contributed by atoms with E-state index < -0.39 is 29.7 Å². The lowest BCUT2D eigenvalue weighted by atomic mass is 9.87. The standard InChI is InChI=1S/C7H13ClO.C6H10O4.2C6H8O3.C5H12/c1-4-7(2,3)5-6(8)9;1-2-4(6(9)10)3-5(7)8;1-2-4-3-5(7)9-6(4)8;7-5-2-1-4(3-5)6(8)9;1-4-5(2)3/h4-5H2,1-3H3;4H,2-3H2,1H3,(H,7,8)(H,9,10);4H,2-3H2,1H3;4H,1-3H2,(H,8,9);5H,4H2,1-3H3. The molecule has 0 bridgehead atoms. The number of carbonyl (C=O) groups is 7. The summed E-state index contributed by atoms with van der Waals surface area (Å²) in [6.45, 7) is 16.3. The van der Waals surface area contributed by atoms with E-state index in [2.05, 4.69) is 32.4 Å². The summed E-state index contributed by atoms with van der Waals surface area (Å²) in [4.78, 5) is 72.2. The van der Waals surface area contributed by atoms with Gasteiger partial charge in [0.2, 0.25) is 5.24 Å². The van der Waals surface area contributed by atoms with Crippen molar-refractivity contribution in [3.8, 4) is 0 Å². The highest BCUT2D eigenvalue weighted by Crippen LogP contribution is 2.25. The van der Waals surface area contributed by atoms with Crippen molar-refractivity contribution >= 4 is 52.5 Å². The van der Waals surface area contributed by atoms with Crippen molar-refractivity contribution in [2.75, 3.05) is 0 Å². The molecule has 244 valence electrons. The van der Waals surface area contributed by atoms with Crippen molar-refractivity contribution in [1.29, 1.82) is 0 Å². The monoisotopic (exact) mass is 622 g/mol. The van der Waals surface area contributed by atoms with E-state index in [0.29, 0.717) is 32.1 Å². The summed E-state index contributed by atoms with van der Waals surface area (Å²) in [5.41, 5.74) is 0.0822. The van der Waals surface area contributed by atoms with Gasteiger partial charge in [-0.1, -0.05) is 68.2 Å². The highest BCUT2D eigenvalue weighted by molar-refractivity contribution is 6.63. The normalized spacial score (nSPS) is 18.0. The molecular weight excluding hydrogens is 572 g/mol. The van der Waals surface area contributed by atoms with Crippen LogP contribution in [0.5, 0.6) is 0 Å². The maximum atomic E-state index is 10.6. The lowest BCUT2D eigenvalue weighted by Gasteiger charge is -2.19. The fraction of sp³-hybridized carbons (Fsp3) is 0.767. The summed E-state index contributed by atoms with van der Waals surface area (Å²) in [5, 5.41) is 24.7. The molecule has 3 unspecified atom stereocenters. The molecule has 3 atom stereocenters. The Morgan fingerprint density at radius 2 is 1.48 bits per heavy atom. The Balaban J connectivity index is -0.000000459. The van der Waals surface area contributed by atoms with Gasteiger partial charge in [-0.3, -0.25) is 33.6 Å². The Bertz CT molecular complexity index is 880. The molecular formula is C30H51ClO11. The smallest absolute Gasteiger partial charge is 0.317 e. The van der Waals surface area contributed by atoms with E-state index >= 15 is 0 Å². The summed E-state index contributed by atoms with van der Waals surface area (Å²) < 4.78 is 4.29. The molecule has 1 heterocycles. The van der Waals surface area contributed by atoms with Gasteiger partial charge in [0, 0.05) is 19.3 Å². The molecule has 0 radical (unpaired) electrons. The second-order valence-corrected chi connectivity index (χ2v) is 11.7. The number of esters is 2. The lowest BCUT2D eigenvalue weighted by molar-refractivity contribution is -0.153. The zero-order valence-electron chi connectivity index (χ0n) is 26.4. The third-order valence-corrected chi connectivity index (χ3v) is 6.84. The molecule has 1 saturated heterocycles. The third-order valence-electron chi connectivity index (χ3n) is 6.70. The average molecular weight is 623 g/mol. The lowest BCUT2D eigenvalue weighted by Crippen LogP contribution is -2.16. The minimum absolute atomic E-state index is 0.0822. The van der Waals surface area contributed by atoms with Crippen molar-refractivity contribution in [3.05, 3.63) is 0 Å². The SMILES string of the molecule is CCC(C)(C)CC(=O)Cl.CCC(C)C.CCC(CC(=O)O)C(=O)O.CCC1CC(=O)OC1=O.O=C1CCC(C(=O)O)C1. The maximum Gasteiger partial charge on any atom is 0.317 e. The molecule has 0 aromatic heterocycles. The molecule has 2 fully saturated rings. The Morgan fingerprint density at radius 1 is 0.952 bits per heavy atom. The number of Topliss-reactive ketones (excluding diaryl/α,β-unsaturated/α-hetero) is 1. The second-order valence-electron chi connectivity index (χ2n) is 11.3. The van der Waals surface area contributed by atoms with Crippen molar-refractivity contribution in [2.24, 2.45) is 29.1 Å². The van der Waals surface area contributed by atoms with E-state index in [-0.39, 0.29) is 53.6 Å². The van der Waals surface area contributed by atoms with Crippen LogP contribution >= 0.6 is 11.6 Å². The summed E-state index contributed by atoms with van der Waals surface area (Å²) in [6.07, 6.45) is 5.06. The average Bonchev–Trinajstić information content (AvgIpc) is 3.47. The van der Waals surface area contributed by atoms with Gasteiger partial charge in [-0.15, -0.1) is 0 Å². The van der Waals surface area contributed by atoms with E-state index in [1.807, 2.05) is 20.8 Å². The minimum atomic E-state index is -1.06. The fourth-order valence-corrected chi connectivity index (χ4v) is 3.34.